The summed E-state index contributed by atoms with van der Waals surface area (Å²) in [6.45, 7) is 0.370. The molecule has 0 aliphatic carbocycles. The van der Waals surface area contributed by atoms with E-state index in [0.717, 1.165) is 10.0 Å². The topological polar surface area (TPSA) is 69.6 Å². The summed E-state index contributed by atoms with van der Waals surface area (Å²) in [4.78, 5) is 26.8. The van der Waals surface area contributed by atoms with Crippen LogP contribution in [0.2, 0.25) is 0 Å². The Balaban J connectivity index is 1.55. The highest BCUT2D eigenvalue weighted by Crippen LogP contribution is 2.33. The number of nitrogens with zero attached hydrogens (tertiary/aromatic N) is 1. The lowest BCUT2D eigenvalue weighted by atomic mass is 10.2. The van der Waals surface area contributed by atoms with Crippen LogP contribution in [-0.2, 0) is 9.59 Å². The number of thiocarbonyl (C=S) groups is 1. The number of thioether (sulfide) groups is 1. The van der Waals surface area contributed by atoms with Crippen molar-refractivity contribution in [3.8, 4) is 5.75 Å². The van der Waals surface area contributed by atoms with Gasteiger partial charge in [0.1, 0.15) is 10.1 Å². The fourth-order valence-electron chi connectivity index (χ4n) is 2.63. The number of phenols is 1. The molecule has 2 N–H and O–H groups in total. The smallest absolute Gasteiger partial charge is 0.266 e. The molecule has 0 bridgehead atoms. The number of para-hydroxylation sites is 2. The van der Waals surface area contributed by atoms with Gasteiger partial charge in [0.05, 0.1) is 10.6 Å². The maximum Gasteiger partial charge on any atom is 0.266 e. The molecule has 0 radical (unpaired) electrons. The van der Waals surface area contributed by atoms with Gasteiger partial charge in [-0.1, -0.05) is 64.2 Å². The van der Waals surface area contributed by atoms with E-state index in [-0.39, 0.29) is 24.0 Å². The Morgan fingerprint density at radius 3 is 2.79 bits per heavy atom. The fourth-order valence-corrected chi connectivity index (χ4v) is 4.36. The van der Waals surface area contributed by atoms with Gasteiger partial charge in [-0.25, -0.2) is 0 Å². The van der Waals surface area contributed by atoms with E-state index in [0.29, 0.717) is 27.9 Å². The zero-order chi connectivity index (χ0) is 20.1. The van der Waals surface area contributed by atoms with Crippen LogP contribution < -0.4 is 5.32 Å². The molecule has 0 spiro atoms. The van der Waals surface area contributed by atoms with Crippen LogP contribution in [0.3, 0.4) is 0 Å². The second-order valence-electron chi connectivity index (χ2n) is 6.06. The third-order valence-corrected chi connectivity index (χ3v) is 5.85. The average Bonchev–Trinajstić information content (AvgIpc) is 2.91. The maximum atomic E-state index is 12.6. The lowest BCUT2D eigenvalue weighted by Crippen LogP contribution is -2.29. The number of aromatic hydroxyl groups is 1. The SMILES string of the molecule is O=C(CCCN1C(=O)C(=Cc2cccc(Br)c2)SC1=S)Nc1ccccc1O. The molecule has 0 atom stereocenters. The average molecular weight is 477 g/mol. The number of hydrogen-bond donors (Lipinski definition) is 2. The number of halogens is 1. The minimum atomic E-state index is -0.225. The summed E-state index contributed by atoms with van der Waals surface area (Å²) < 4.78 is 1.43. The van der Waals surface area contributed by atoms with E-state index in [2.05, 4.69) is 21.2 Å². The highest BCUT2D eigenvalue weighted by atomic mass is 79.9. The predicted molar refractivity (Wildman–Crippen MR) is 120 cm³/mol. The van der Waals surface area contributed by atoms with Gasteiger partial charge in [-0.05, 0) is 42.3 Å². The Bertz CT molecular complexity index is 962. The second kappa shape index (κ2) is 9.36. The van der Waals surface area contributed by atoms with E-state index in [1.807, 2.05) is 30.3 Å². The number of amides is 2. The Kier molecular flexibility index (Phi) is 6.88. The molecule has 144 valence electrons. The van der Waals surface area contributed by atoms with Gasteiger partial charge in [0, 0.05) is 17.4 Å². The first-order valence-electron chi connectivity index (χ1n) is 8.53. The number of rotatable bonds is 6. The Hall–Kier alpha value is -2.16. The van der Waals surface area contributed by atoms with Gasteiger partial charge in [0.25, 0.3) is 5.91 Å². The highest BCUT2D eigenvalue weighted by molar-refractivity contribution is 9.10. The minimum Gasteiger partial charge on any atom is -0.506 e. The van der Waals surface area contributed by atoms with E-state index < -0.39 is 0 Å². The molecule has 0 aromatic heterocycles. The summed E-state index contributed by atoms with van der Waals surface area (Å²) in [6.07, 6.45) is 2.50. The number of carbonyl (C=O) groups is 2. The van der Waals surface area contributed by atoms with Crippen molar-refractivity contribution < 1.29 is 14.7 Å². The van der Waals surface area contributed by atoms with Crippen LogP contribution in [0.1, 0.15) is 18.4 Å². The number of carbonyl (C=O) groups excluding carboxylic acids is 2. The highest BCUT2D eigenvalue weighted by Gasteiger charge is 2.31. The van der Waals surface area contributed by atoms with Gasteiger partial charge in [-0.3, -0.25) is 14.5 Å². The first-order valence-corrected chi connectivity index (χ1v) is 10.5. The first-order chi connectivity index (χ1) is 13.4. The number of anilines is 1. The molecule has 2 amide bonds. The van der Waals surface area contributed by atoms with Gasteiger partial charge < -0.3 is 10.4 Å². The van der Waals surface area contributed by atoms with Crippen LogP contribution in [0.5, 0.6) is 5.75 Å². The summed E-state index contributed by atoms with van der Waals surface area (Å²) in [7, 11) is 0. The van der Waals surface area contributed by atoms with Crippen molar-refractivity contribution in [2.45, 2.75) is 12.8 Å². The van der Waals surface area contributed by atoms with Crippen molar-refractivity contribution in [2.24, 2.45) is 0 Å². The third kappa shape index (κ3) is 5.21. The molecule has 1 heterocycles. The molecular weight excluding hydrogens is 460 g/mol. The van der Waals surface area contributed by atoms with Crippen molar-refractivity contribution in [3.05, 3.63) is 63.5 Å². The third-order valence-electron chi connectivity index (χ3n) is 3.98. The molecule has 1 aliphatic heterocycles. The first kappa shape index (κ1) is 20.6. The molecule has 5 nitrogen and oxygen atoms in total. The lowest BCUT2D eigenvalue weighted by Gasteiger charge is -2.14. The van der Waals surface area contributed by atoms with E-state index in [1.165, 1.54) is 22.7 Å². The number of phenolic OH excluding ortho intramolecular Hbond substituents is 1. The zero-order valence-corrected chi connectivity index (χ0v) is 17.9. The fraction of sp³-hybridized carbons (Fsp3) is 0.150. The Morgan fingerprint density at radius 2 is 2.04 bits per heavy atom. The van der Waals surface area contributed by atoms with Crippen molar-refractivity contribution in [2.75, 3.05) is 11.9 Å². The molecular formula is C20H17BrN2O3S2. The molecule has 8 heteroatoms. The molecule has 28 heavy (non-hydrogen) atoms. The molecule has 0 unspecified atom stereocenters. The van der Waals surface area contributed by atoms with Crippen LogP contribution >= 0.6 is 39.9 Å². The van der Waals surface area contributed by atoms with E-state index in [4.69, 9.17) is 12.2 Å². The summed E-state index contributed by atoms with van der Waals surface area (Å²) in [5, 5.41) is 12.4. The van der Waals surface area contributed by atoms with Crippen LogP contribution in [0.4, 0.5) is 5.69 Å². The van der Waals surface area contributed by atoms with Gasteiger partial charge in [0.15, 0.2) is 0 Å². The van der Waals surface area contributed by atoms with Gasteiger partial charge in [-0.2, -0.15) is 0 Å². The van der Waals surface area contributed by atoms with Gasteiger partial charge in [-0.15, -0.1) is 0 Å². The van der Waals surface area contributed by atoms with Gasteiger partial charge >= 0.3 is 0 Å². The summed E-state index contributed by atoms with van der Waals surface area (Å²) >= 11 is 10.0. The molecule has 1 saturated heterocycles. The van der Waals surface area contributed by atoms with Crippen molar-refractivity contribution >= 4 is 67.8 Å². The van der Waals surface area contributed by atoms with E-state index >= 15 is 0 Å². The summed E-state index contributed by atoms with van der Waals surface area (Å²) in [6, 6.07) is 14.2. The van der Waals surface area contributed by atoms with Crippen LogP contribution in [0.15, 0.2) is 57.9 Å². The normalized spacial score (nSPS) is 15.3. The number of nitrogens with one attached hydrogen (secondary N) is 1. The monoisotopic (exact) mass is 476 g/mol. The Morgan fingerprint density at radius 1 is 1.25 bits per heavy atom. The quantitative estimate of drug-likeness (QED) is 0.356. The standard InChI is InChI=1S/C20H17BrN2O3S2/c21-14-6-3-5-13(11-14)12-17-19(26)23(20(27)28-17)10-4-9-18(25)22-15-7-1-2-8-16(15)24/h1-3,5-8,11-12,24H,4,9-10H2,(H,22,25). The molecule has 3 rings (SSSR count). The van der Waals surface area contributed by atoms with Crippen LogP contribution in [0, 0.1) is 0 Å². The van der Waals surface area contributed by atoms with E-state index in [9.17, 15) is 14.7 Å². The maximum absolute atomic E-state index is 12.6. The second-order valence-corrected chi connectivity index (χ2v) is 8.65. The van der Waals surface area contributed by atoms with Crippen LogP contribution in [0.25, 0.3) is 6.08 Å². The van der Waals surface area contributed by atoms with Crippen molar-refractivity contribution in [1.29, 1.82) is 0 Å². The number of benzene rings is 2. The van der Waals surface area contributed by atoms with Crippen molar-refractivity contribution in [3.63, 3.8) is 0 Å². The van der Waals surface area contributed by atoms with E-state index in [1.54, 1.807) is 18.2 Å². The Labute approximate surface area is 180 Å². The summed E-state index contributed by atoms with van der Waals surface area (Å²) in [5.74, 6) is -0.349. The van der Waals surface area contributed by atoms with Gasteiger partial charge in [0.2, 0.25) is 5.91 Å². The zero-order valence-electron chi connectivity index (χ0n) is 14.7. The molecule has 1 fully saturated rings. The summed E-state index contributed by atoms with van der Waals surface area (Å²) in [5.41, 5.74) is 1.28. The lowest BCUT2D eigenvalue weighted by molar-refractivity contribution is -0.122. The molecule has 1 aliphatic rings. The predicted octanol–water partition coefficient (Wildman–Crippen LogP) is 4.77. The largest absolute Gasteiger partial charge is 0.506 e. The minimum absolute atomic E-state index is 0.0190. The number of hydrogen-bond acceptors (Lipinski definition) is 5. The van der Waals surface area contributed by atoms with Crippen LogP contribution in [-0.4, -0.2) is 32.7 Å². The molecule has 2 aromatic rings. The molecule has 0 saturated carbocycles. The van der Waals surface area contributed by atoms with Crippen molar-refractivity contribution in [1.82, 2.24) is 4.90 Å². The molecule has 2 aromatic carbocycles.